The van der Waals surface area contributed by atoms with Gasteiger partial charge in [-0.1, -0.05) is 42.5 Å². The molecule has 3 atom stereocenters. The predicted octanol–water partition coefficient (Wildman–Crippen LogP) is 0.797. The van der Waals surface area contributed by atoms with Gasteiger partial charge in [-0.2, -0.15) is 0 Å². The molecule has 0 radical (unpaired) electrons. The number of hydrogen-bond donors (Lipinski definition) is 1. The molecule has 1 aliphatic carbocycles. The Hall–Kier alpha value is -3.29. The van der Waals surface area contributed by atoms with Crippen LogP contribution in [-0.4, -0.2) is 53.6 Å². The van der Waals surface area contributed by atoms with Crippen molar-refractivity contribution in [2.45, 2.75) is 32.2 Å². The van der Waals surface area contributed by atoms with Crippen molar-refractivity contribution in [2.75, 3.05) is 13.2 Å². The van der Waals surface area contributed by atoms with E-state index in [9.17, 15) is 24.0 Å². The van der Waals surface area contributed by atoms with Crippen molar-refractivity contribution in [3.63, 3.8) is 0 Å². The van der Waals surface area contributed by atoms with E-state index in [4.69, 9.17) is 4.74 Å². The van der Waals surface area contributed by atoms with Crippen molar-refractivity contribution in [1.82, 2.24) is 10.2 Å². The number of carbonyl (C=O) groups excluding carboxylic acids is 5. The molecule has 1 aromatic rings. The van der Waals surface area contributed by atoms with Gasteiger partial charge in [0.05, 0.1) is 17.9 Å². The van der Waals surface area contributed by atoms with E-state index in [-0.39, 0.29) is 17.6 Å². The average Bonchev–Trinajstić information content (AvgIpc) is 2.97. The zero-order valence-corrected chi connectivity index (χ0v) is 16.7. The Morgan fingerprint density at radius 3 is 2.23 bits per heavy atom. The molecule has 1 fully saturated rings. The highest BCUT2D eigenvalue weighted by atomic mass is 16.5. The molecule has 0 saturated carbocycles. The third kappa shape index (κ3) is 5.00. The van der Waals surface area contributed by atoms with Crippen LogP contribution in [0, 0.1) is 11.8 Å². The fraction of sp³-hybridized carbons (Fsp3) is 0.409. The fourth-order valence-corrected chi connectivity index (χ4v) is 3.73. The topological polar surface area (TPSA) is 110 Å². The minimum absolute atomic E-state index is 0.219. The molecule has 8 nitrogen and oxygen atoms in total. The van der Waals surface area contributed by atoms with Gasteiger partial charge in [0.15, 0.2) is 12.4 Å². The molecule has 2 aliphatic rings. The van der Waals surface area contributed by atoms with Gasteiger partial charge in [0.25, 0.3) is 5.91 Å². The first-order chi connectivity index (χ1) is 14.4. The molecular weight excluding hydrogens is 388 g/mol. The molecule has 30 heavy (non-hydrogen) atoms. The Bertz CT molecular complexity index is 853. The first kappa shape index (κ1) is 21.4. The molecule has 158 valence electrons. The summed E-state index contributed by atoms with van der Waals surface area (Å²) in [6.07, 6.45) is 5.01. The van der Waals surface area contributed by atoms with E-state index >= 15 is 0 Å². The molecule has 1 heterocycles. The number of fused-ring (bicyclic) bond motifs is 1. The van der Waals surface area contributed by atoms with Gasteiger partial charge in [-0.05, 0) is 31.7 Å². The Morgan fingerprint density at radius 1 is 1.07 bits per heavy atom. The van der Waals surface area contributed by atoms with Gasteiger partial charge >= 0.3 is 5.97 Å². The number of amides is 3. The van der Waals surface area contributed by atoms with Gasteiger partial charge in [0.1, 0.15) is 6.54 Å². The van der Waals surface area contributed by atoms with Gasteiger partial charge in [0, 0.05) is 0 Å². The summed E-state index contributed by atoms with van der Waals surface area (Å²) in [7, 11) is 0. The summed E-state index contributed by atoms with van der Waals surface area (Å²) < 4.78 is 4.92. The van der Waals surface area contributed by atoms with Crippen molar-refractivity contribution in [3.8, 4) is 0 Å². The summed E-state index contributed by atoms with van der Waals surface area (Å²) in [5.41, 5.74) is 0.886. The third-order valence-electron chi connectivity index (χ3n) is 5.36. The molecule has 0 aromatic heterocycles. The Labute approximate surface area is 174 Å². The maximum absolute atomic E-state index is 12.4. The average molecular weight is 412 g/mol. The number of esters is 1. The SMILES string of the molecule is CC(=O)[C@@H](Cc1ccccc1)NC(=O)COC(=O)CN1C(=O)[C@H]2CC=CC[C@H]2C1=O. The molecule has 0 bridgehead atoms. The summed E-state index contributed by atoms with van der Waals surface area (Å²) in [5, 5.41) is 2.55. The Morgan fingerprint density at radius 2 is 1.67 bits per heavy atom. The molecule has 1 saturated heterocycles. The number of ketones is 1. The molecule has 1 aromatic carbocycles. The number of benzene rings is 1. The second kappa shape index (κ2) is 9.47. The number of nitrogens with zero attached hydrogens (tertiary/aromatic N) is 1. The standard InChI is InChI=1S/C22H24N2O6/c1-14(25)18(11-15-7-3-2-4-8-15)23-19(26)13-30-20(27)12-24-21(28)16-9-5-6-10-17(16)22(24)29/h2-8,16-18H,9-13H2,1H3,(H,23,26)/t16-,17+,18-/m1/s1. The number of Topliss-reactive ketones (excluding diaryl/α,β-unsaturated/α-hetero) is 1. The summed E-state index contributed by atoms with van der Waals surface area (Å²) in [4.78, 5) is 61.7. The van der Waals surface area contributed by atoms with Crippen molar-refractivity contribution < 1.29 is 28.7 Å². The quantitative estimate of drug-likeness (QED) is 0.384. The second-order valence-electron chi connectivity index (χ2n) is 7.50. The van der Waals surface area contributed by atoms with E-state index < -0.39 is 42.9 Å². The van der Waals surface area contributed by atoms with Crippen molar-refractivity contribution in [2.24, 2.45) is 11.8 Å². The first-order valence-corrected chi connectivity index (χ1v) is 9.86. The van der Waals surface area contributed by atoms with E-state index in [0.717, 1.165) is 10.5 Å². The fourth-order valence-electron chi connectivity index (χ4n) is 3.73. The summed E-state index contributed by atoms with van der Waals surface area (Å²) in [6, 6.07) is 8.48. The lowest BCUT2D eigenvalue weighted by molar-refractivity contribution is -0.155. The zero-order valence-electron chi connectivity index (χ0n) is 16.7. The molecule has 3 amide bonds. The van der Waals surface area contributed by atoms with Crippen LogP contribution in [-0.2, 0) is 35.1 Å². The van der Waals surface area contributed by atoms with Crippen molar-refractivity contribution in [1.29, 1.82) is 0 Å². The zero-order chi connectivity index (χ0) is 21.7. The number of nitrogens with one attached hydrogen (secondary N) is 1. The van der Waals surface area contributed by atoms with Gasteiger partial charge in [-0.3, -0.25) is 28.9 Å². The lowest BCUT2D eigenvalue weighted by Crippen LogP contribution is -2.44. The maximum atomic E-state index is 12.4. The van der Waals surface area contributed by atoms with Crippen LogP contribution < -0.4 is 5.32 Å². The highest BCUT2D eigenvalue weighted by Gasteiger charge is 2.47. The predicted molar refractivity (Wildman–Crippen MR) is 106 cm³/mol. The number of hydrogen-bond acceptors (Lipinski definition) is 6. The van der Waals surface area contributed by atoms with Crippen LogP contribution in [0.2, 0.25) is 0 Å². The van der Waals surface area contributed by atoms with Crippen LogP contribution in [0.15, 0.2) is 42.5 Å². The highest BCUT2D eigenvalue weighted by molar-refractivity contribution is 6.07. The number of likely N-dealkylation sites (tertiary alicyclic amines) is 1. The number of imide groups is 1. The molecule has 0 unspecified atom stereocenters. The van der Waals surface area contributed by atoms with Crippen LogP contribution in [0.25, 0.3) is 0 Å². The molecule has 0 spiro atoms. The largest absolute Gasteiger partial charge is 0.454 e. The van der Waals surface area contributed by atoms with Crippen LogP contribution in [0.4, 0.5) is 0 Å². The molecule has 8 heteroatoms. The molecular formula is C22H24N2O6. The van der Waals surface area contributed by atoms with Crippen molar-refractivity contribution in [3.05, 3.63) is 48.0 Å². The minimum Gasteiger partial charge on any atom is -0.454 e. The first-order valence-electron chi connectivity index (χ1n) is 9.86. The number of rotatable bonds is 8. The molecule has 1 N–H and O–H groups in total. The number of allylic oxidation sites excluding steroid dienone is 2. The monoisotopic (exact) mass is 412 g/mol. The lowest BCUT2D eigenvalue weighted by Gasteiger charge is -2.17. The molecule has 3 rings (SSSR count). The van der Waals surface area contributed by atoms with Crippen LogP contribution in [0.3, 0.4) is 0 Å². The van der Waals surface area contributed by atoms with E-state index in [1.165, 1.54) is 6.92 Å². The maximum Gasteiger partial charge on any atom is 0.326 e. The molecule has 1 aliphatic heterocycles. The van der Waals surface area contributed by atoms with Gasteiger partial charge in [-0.25, -0.2) is 0 Å². The van der Waals surface area contributed by atoms with Crippen LogP contribution in [0.1, 0.15) is 25.3 Å². The van der Waals surface area contributed by atoms with E-state index in [1.807, 2.05) is 42.5 Å². The Kier molecular flexibility index (Phi) is 6.76. The summed E-state index contributed by atoms with van der Waals surface area (Å²) in [6.45, 7) is 0.263. The highest BCUT2D eigenvalue weighted by Crippen LogP contribution is 2.34. The van der Waals surface area contributed by atoms with Crippen molar-refractivity contribution >= 4 is 29.5 Å². The van der Waals surface area contributed by atoms with Crippen LogP contribution >= 0.6 is 0 Å². The Balaban J connectivity index is 1.48. The number of ether oxygens (including phenoxy) is 1. The van der Waals surface area contributed by atoms with Gasteiger partial charge in [-0.15, -0.1) is 0 Å². The number of carbonyl (C=O) groups is 5. The summed E-state index contributed by atoms with van der Waals surface area (Å²) >= 11 is 0. The minimum atomic E-state index is -0.846. The third-order valence-corrected chi connectivity index (χ3v) is 5.36. The smallest absolute Gasteiger partial charge is 0.326 e. The van der Waals surface area contributed by atoms with E-state index in [1.54, 1.807) is 0 Å². The summed E-state index contributed by atoms with van der Waals surface area (Å²) in [5.74, 6) is -3.30. The lowest BCUT2D eigenvalue weighted by atomic mass is 9.85. The normalized spacial score (nSPS) is 21.2. The van der Waals surface area contributed by atoms with Gasteiger partial charge < -0.3 is 10.1 Å². The van der Waals surface area contributed by atoms with Crippen LogP contribution in [0.5, 0.6) is 0 Å². The second-order valence-corrected chi connectivity index (χ2v) is 7.50. The van der Waals surface area contributed by atoms with Gasteiger partial charge in [0.2, 0.25) is 11.8 Å². The van der Waals surface area contributed by atoms with E-state index in [2.05, 4.69) is 5.32 Å². The van der Waals surface area contributed by atoms with E-state index in [0.29, 0.717) is 19.3 Å².